The first-order chi connectivity index (χ1) is 10.8. The predicted octanol–water partition coefficient (Wildman–Crippen LogP) is 3.78. The minimum Gasteiger partial charge on any atom is -0.443 e. The third kappa shape index (κ3) is 4.95. The molecule has 1 aliphatic carbocycles. The van der Waals surface area contributed by atoms with Gasteiger partial charge in [-0.15, -0.1) is 11.3 Å². The summed E-state index contributed by atoms with van der Waals surface area (Å²) in [7, 11) is 0. The maximum Gasteiger partial charge on any atom is 0.418 e. The minimum absolute atomic E-state index is 0.223. The summed E-state index contributed by atoms with van der Waals surface area (Å²) in [6, 6.07) is 1.83. The van der Waals surface area contributed by atoms with E-state index in [2.05, 4.69) is 10.6 Å². The lowest BCUT2D eigenvalue weighted by Gasteiger charge is -2.36. The van der Waals surface area contributed by atoms with Gasteiger partial charge in [-0.05, 0) is 57.5 Å². The van der Waals surface area contributed by atoms with E-state index in [-0.39, 0.29) is 6.04 Å². The lowest BCUT2D eigenvalue weighted by atomic mass is 9.92. The summed E-state index contributed by atoms with van der Waals surface area (Å²) < 4.78 is 5.26. The zero-order valence-electron chi connectivity index (χ0n) is 13.4. The largest absolute Gasteiger partial charge is 0.443 e. The number of hydrogen-bond donors (Lipinski definition) is 2. The van der Waals surface area contributed by atoms with Crippen LogP contribution in [0.25, 0.3) is 0 Å². The van der Waals surface area contributed by atoms with Gasteiger partial charge in [0.25, 0.3) is 0 Å². The summed E-state index contributed by atoms with van der Waals surface area (Å²) in [4.78, 5) is 37.4. The van der Waals surface area contributed by atoms with E-state index in [0.717, 1.165) is 24.2 Å². The van der Waals surface area contributed by atoms with E-state index in [1.807, 2.05) is 0 Å². The lowest BCUT2D eigenvalue weighted by molar-refractivity contribution is 0.0187. The fourth-order valence-corrected chi connectivity index (χ4v) is 2.62. The number of hydrogen-bond acceptors (Lipinski definition) is 5. The molecule has 0 aliphatic heterocycles. The second-order valence-corrected chi connectivity index (χ2v) is 7.24. The van der Waals surface area contributed by atoms with E-state index in [0.29, 0.717) is 5.00 Å². The molecule has 1 aromatic heterocycles. The van der Waals surface area contributed by atoms with Crippen LogP contribution in [0, 0.1) is 0 Å². The van der Waals surface area contributed by atoms with Crippen LogP contribution in [0.4, 0.5) is 19.4 Å². The highest BCUT2D eigenvalue weighted by Crippen LogP contribution is 2.26. The van der Waals surface area contributed by atoms with E-state index in [9.17, 15) is 14.4 Å². The van der Waals surface area contributed by atoms with Crippen molar-refractivity contribution in [1.29, 1.82) is 0 Å². The first-order valence-corrected chi connectivity index (χ1v) is 8.32. The number of carbonyl (C=O) groups is 3. The van der Waals surface area contributed by atoms with Gasteiger partial charge in [0.05, 0.1) is 5.00 Å². The zero-order chi connectivity index (χ0) is 17.0. The first-order valence-electron chi connectivity index (χ1n) is 7.44. The molecule has 1 saturated carbocycles. The summed E-state index contributed by atoms with van der Waals surface area (Å²) in [5.41, 5.74) is -0.710. The molecule has 1 heterocycles. The number of nitrogens with zero attached hydrogens (tertiary/aromatic N) is 1. The Morgan fingerprint density at radius 1 is 1.30 bits per heavy atom. The molecular formula is C15H21N3O4S. The maximum atomic E-state index is 12.3. The van der Waals surface area contributed by atoms with Crippen LogP contribution in [0.5, 0.6) is 0 Å². The van der Waals surface area contributed by atoms with Crippen molar-refractivity contribution in [2.45, 2.75) is 51.7 Å². The van der Waals surface area contributed by atoms with Gasteiger partial charge in [-0.25, -0.2) is 19.3 Å². The average molecular weight is 339 g/mol. The number of anilines is 1. The van der Waals surface area contributed by atoms with Gasteiger partial charge >= 0.3 is 18.2 Å². The zero-order valence-corrected chi connectivity index (χ0v) is 14.2. The fraction of sp³-hybridized carbons (Fsp3) is 0.533. The Bertz CT molecular complexity index is 576. The van der Waals surface area contributed by atoms with E-state index in [4.69, 9.17) is 4.74 Å². The summed E-state index contributed by atoms with van der Waals surface area (Å²) in [5, 5.41) is 7.13. The van der Waals surface area contributed by atoms with Gasteiger partial charge in [-0.1, -0.05) is 0 Å². The molecule has 126 valence electrons. The van der Waals surface area contributed by atoms with Gasteiger partial charge in [0.2, 0.25) is 0 Å². The van der Waals surface area contributed by atoms with E-state index >= 15 is 0 Å². The molecule has 7 nitrogen and oxygen atoms in total. The number of imide groups is 2. The van der Waals surface area contributed by atoms with Crippen LogP contribution in [-0.2, 0) is 4.74 Å². The Balaban J connectivity index is 1.99. The van der Waals surface area contributed by atoms with Gasteiger partial charge < -0.3 is 4.74 Å². The average Bonchev–Trinajstić information content (AvgIpc) is 2.83. The molecular weight excluding hydrogens is 318 g/mol. The first kappa shape index (κ1) is 17.3. The number of rotatable bonds is 2. The van der Waals surface area contributed by atoms with Crippen LogP contribution >= 0.6 is 11.3 Å². The normalized spacial score (nSPS) is 14.6. The highest BCUT2D eigenvalue weighted by atomic mass is 32.1. The van der Waals surface area contributed by atoms with Crippen molar-refractivity contribution >= 4 is 34.5 Å². The number of carbonyl (C=O) groups excluding carboxylic acids is 3. The molecule has 1 fully saturated rings. The molecule has 0 saturated heterocycles. The van der Waals surface area contributed by atoms with Crippen molar-refractivity contribution < 1.29 is 19.1 Å². The molecule has 1 aromatic rings. The Morgan fingerprint density at radius 2 is 2.00 bits per heavy atom. The molecule has 0 aromatic carbocycles. The van der Waals surface area contributed by atoms with Crippen LogP contribution in [0.15, 0.2) is 17.5 Å². The highest BCUT2D eigenvalue weighted by Gasteiger charge is 2.37. The van der Waals surface area contributed by atoms with Crippen molar-refractivity contribution in [1.82, 2.24) is 10.2 Å². The monoisotopic (exact) mass is 339 g/mol. The van der Waals surface area contributed by atoms with Gasteiger partial charge in [-0.2, -0.15) is 0 Å². The van der Waals surface area contributed by atoms with Crippen molar-refractivity contribution in [3.63, 3.8) is 0 Å². The summed E-state index contributed by atoms with van der Waals surface area (Å²) in [6.45, 7) is 5.18. The Labute approximate surface area is 139 Å². The smallest absolute Gasteiger partial charge is 0.418 e. The number of thiophene rings is 1. The third-order valence-electron chi connectivity index (χ3n) is 3.23. The molecule has 5 amide bonds. The predicted molar refractivity (Wildman–Crippen MR) is 87.6 cm³/mol. The number of ether oxygens (including phenoxy) is 1. The highest BCUT2D eigenvalue weighted by molar-refractivity contribution is 7.14. The SMILES string of the molecule is CC(C)(C)OC(=O)N(C(=O)NC(=O)Nc1cccs1)C1CCC1. The number of amides is 5. The van der Waals surface area contributed by atoms with Crippen molar-refractivity contribution in [2.24, 2.45) is 0 Å². The Morgan fingerprint density at radius 3 is 2.48 bits per heavy atom. The van der Waals surface area contributed by atoms with Crippen LogP contribution in [0.1, 0.15) is 40.0 Å². The molecule has 8 heteroatoms. The van der Waals surface area contributed by atoms with Crippen LogP contribution in [0.3, 0.4) is 0 Å². The van der Waals surface area contributed by atoms with E-state index in [1.54, 1.807) is 38.3 Å². The second kappa shape index (κ2) is 6.99. The Hall–Kier alpha value is -2.09. The quantitative estimate of drug-likeness (QED) is 0.858. The molecule has 1 aliphatic rings. The lowest BCUT2D eigenvalue weighted by Crippen LogP contribution is -2.55. The van der Waals surface area contributed by atoms with Gasteiger partial charge in [0.1, 0.15) is 5.60 Å². The minimum atomic E-state index is -0.766. The maximum absolute atomic E-state index is 12.3. The van der Waals surface area contributed by atoms with E-state index < -0.39 is 23.8 Å². The summed E-state index contributed by atoms with van der Waals surface area (Å²) in [6.07, 6.45) is 1.65. The molecule has 0 unspecified atom stereocenters. The van der Waals surface area contributed by atoms with Crippen molar-refractivity contribution in [3.05, 3.63) is 17.5 Å². The molecule has 2 N–H and O–H groups in total. The van der Waals surface area contributed by atoms with Gasteiger partial charge in [0.15, 0.2) is 0 Å². The van der Waals surface area contributed by atoms with Crippen LogP contribution in [-0.4, -0.2) is 34.7 Å². The third-order valence-corrected chi connectivity index (χ3v) is 4.01. The number of nitrogens with one attached hydrogen (secondary N) is 2. The standard InChI is InChI=1S/C15H21N3O4S/c1-15(2,3)22-14(21)18(10-6-4-7-10)13(20)17-12(19)16-11-8-5-9-23-11/h5,8-10H,4,6-7H2,1-3H3,(H2,16,17,19,20). The topological polar surface area (TPSA) is 87.7 Å². The van der Waals surface area contributed by atoms with Crippen molar-refractivity contribution in [3.8, 4) is 0 Å². The molecule has 23 heavy (non-hydrogen) atoms. The second-order valence-electron chi connectivity index (χ2n) is 6.30. The van der Waals surface area contributed by atoms with Crippen LogP contribution < -0.4 is 10.6 Å². The molecule has 0 atom stereocenters. The summed E-state index contributed by atoms with van der Waals surface area (Å²) in [5.74, 6) is 0. The number of urea groups is 2. The molecule has 0 spiro atoms. The van der Waals surface area contributed by atoms with Gasteiger partial charge in [-0.3, -0.25) is 10.6 Å². The summed E-state index contributed by atoms with van der Waals surface area (Å²) >= 11 is 1.33. The van der Waals surface area contributed by atoms with Crippen molar-refractivity contribution in [2.75, 3.05) is 5.32 Å². The van der Waals surface area contributed by atoms with Gasteiger partial charge in [0, 0.05) is 6.04 Å². The van der Waals surface area contributed by atoms with E-state index in [1.165, 1.54) is 11.3 Å². The molecule has 2 rings (SSSR count). The fourth-order valence-electron chi connectivity index (χ4n) is 2.00. The molecule has 0 bridgehead atoms. The molecule has 0 radical (unpaired) electrons. The Kier molecular flexibility index (Phi) is 5.25. The van der Waals surface area contributed by atoms with Crippen LogP contribution in [0.2, 0.25) is 0 Å².